The van der Waals surface area contributed by atoms with E-state index in [-0.39, 0.29) is 5.56 Å². The Hall–Kier alpha value is -2.11. The van der Waals surface area contributed by atoms with E-state index in [2.05, 4.69) is 15.2 Å². The van der Waals surface area contributed by atoms with Crippen LogP contribution in [-0.2, 0) is 0 Å². The summed E-state index contributed by atoms with van der Waals surface area (Å²) in [5.41, 5.74) is 0.502. The third-order valence-electron chi connectivity index (χ3n) is 1.87. The highest BCUT2D eigenvalue weighted by Gasteiger charge is 2.14. The summed E-state index contributed by atoms with van der Waals surface area (Å²) in [6.07, 6.45) is 2.72. The summed E-state index contributed by atoms with van der Waals surface area (Å²) >= 11 is 0. The number of ether oxygens (including phenoxy) is 1. The highest BCUT2D eigenvalue weighted by Crippen LogP contribution is 2.23. The van der Waals surface area contributed by atoms with Gasteiger partial charge < -0.3 is 9.84 Å². The lowest BCUT2D eigenvalue weighted by molar-refractivity contribution is 0.0698. The molecule has 2 heterocycles. The lowest BCUT2D eigenvalue weighted by atomic mass is 10.2. The minimum Gasteiger partial charge on any atom is -0.480 e. The van der Waals surface area contributed by atoms with Crippen molar-refractivity contribution >= 4 is 16.9 Å². The number of nitrogens with one attached hydrogen (secondary N) is 1. The number of rotatable bonds is 2. The molecule has 2 aromatic rings. The van der Waals surface area contributed by atoms with Crippen molar-refractivity contribution < 1.29 is 14.6 Å². The van der Waals surface area contributed by atoms with E-state index in [4.69, 9.17) is 9.84 Å². The number of methoxy groups -OCH3 is 1. The van der Waals surface area contributed by atoms with Crippen molar-refractivity contribution in [3.8, 4) is 5.88 Å². The number of aromatic nitrogens is 3. The minimum absolute atomic E-state index is 0.0818. The van der Waals surface area contributed by atoms with Gasteiger partial charge >= 0.3 is 5.97 Å². The number of carboxylic acid groups (broad SMARTS) is 1. The SMILES string of the molecule is COc1ncc(C(=O)O)c2[nH]ncc12. The molecule has 2 N–H and O–H groups in total. The van der Waals surface area contributed by atoms with E-state index in [9.17, 15) is 4.79 Å². The first-order chi connectivity index (χ1) is 6.74. The van der Waals surface area contributed by atoms with Gasteiger partial charge in [-0.05, 0) is 0 Å². The fraction of sp³-hybridized carbons (Fsp3) is 0.125. The summed E-state index contributed by atoms with van der Waals surface area (Å²) in [4.78, 5) is 14.6. The summed E-state index contributed by atoms with van der Waals surface area (Å²) in [5, 5.41) is 15.7. The predicted octanol–water partition coefficient (Wildman–Crippen LogP) is 0.665. The molecular formula is C8H7N3O3. The van der Waals surface area contributed by atoms with Crippen LogP contribution in [0.4, 0.5) is 0 Å². The molecule has 0 saturated heterocycles. The number of nitrogens with zero attached hydrogens (tertiary/aromatic N) is 2. The molecule has 0 bridgehead atoms. The van der Waals surface area contributed by atoms with Crippen LogP contribution in [0.1, 0.15) is 10.4 Å². The Balaban J connectivity index is 2.78. The fourth-order valence-corrected chi connectivity index (χ4v) is 1.24. The van der Waals surface area contributed by atoms with Crippen molar-refractivity contribution in [1.82, 2.24) is 15.2 Å². The molecule has 0 aliphatic rings. The van der Waals surface area contributed by atoms with E-state index >= 15 is 0 Å². The quantitative estimate of drug-likeness (QED) is 0.731. The van der Waals surface area contributed by atoms with Crippen LogP contribution < -0.4 is 4.74 Å². The molecule has 72 valence electrons. The molecule has 0 aromatic carbocycles. The van der Waals surface area contributed by atoms with Gasteiger partial charge in [0.25, 0.3) is 0 Å². The molecule has 0 aliphatic heterocycles. The lowest BCUT2D eigenvalue weighted by Crippen LogP contribution is -2.00. The maximum atomic E-state index is 10.8. The molecule has 0 unspecified atom stereocenters. The maximum absolute atomic E-state index is 10.8. The van der Waals surface area contributed by atoms with Crippen molar-refractivity contribution in [2.75, 3.05) is 7.11 Å². The van der Waals surface area contributed by atoms with Crippen molar-refractivity contribution in [3.05, 3.63) is 18.0 Å². The van der Waals surface area contributed by atoms with Gasteiger partial charge in [0.05, 0.1) is 24.2 Å². The number of hydrogen-bond acceptors (Lipinski definition) is 4. The van der Waals surface area contributed by atoms with Gasteiger partial charge in [0.2, 0.25) is 5.88 Å². The Kier molecular flexibility index (Phi) is 1.81. The predicted molar refractivity (Wildman–Crippen MR) is 47.4 cm³/mol. The molecule has 0 spiro atoms. The van der Waals surface area contributed by atoms with E-state index in [1.54, 1.807) is 0 Å². The molecule has 0 fully saturated rings. The second-order valence-electron chi connectivity index (χ2n) is 2.64. The molecule has 6 heteroatoms. The molecule has 2 rings (SSSR count). The molecule has 0 radical (unpaired) electrons. The van der Waals surface area contributed by atoms with Gasteiger partial charge in [0.15, 0.2) is 0 Å². The molecule has 0 saturated carbocycles. The third kappa shape index (κ3) is 1.08. The van der Waals surface area contributed by atoms with Crippen LogP contribution in [-0.4, -0.2) is 33.4 Å². The number of pyridine rings is 1. The van der Waals surface area contributed by atoms with Gasteiger partial charge in [-0.25, -0.2) is 9.78 Å². The molecule has 2 aromatic heterocycles. The molecular weight excluding hydrogens is 186 g/mol. The van der Waals surface area contributed by atoms with Gasteiger partial charge in [-0.15, -0.1) is 0 Å². The van der Waals surface area contributed by atoms with Crippen LogP contribution >= 0.6 is 0 Å². The van der Waals surface area contributed by atoms with Crippen LogP contribution in [0.25, 0.3) is 10.9 Å². The first-order valence-corrected chi connectivity index (χ1v) is 3.83. The van der Waals surface area contributed by atoms with E-state index in [1.807, 2.05) is 0 Å². The normalized spacial score (nSPS) is 10.4. The average molecular weight is 193 g/mol. The van der Waals surface area contributed by atoms with Crippen LogP contribution in [0, 0.1) is 0 Å². The summed E-state index contributed by atoms with van der Waals surface area (Å²) in [5.74, 6) is -0.687. The van der Waals surface area contributed by atoms with Crippen LogP contribution in [0.2, 0.25) is 0 Å². The topological polar surface area (TPSA) is 88.1 Å². The van der Waals surface area contributed by atoms with E-state index in [1.165, 1.54) is 19.5 Å². The summed E-state index contributed by atoms with van der Waals surface area (Å²) in [7, 11) is 1.47. The Morgan fingerprint density at radius 2 is 2.36 bits per heavy atom. The fourth-order valence-electron chi connectivity index (χ4n) is 1.24. The van der Waals surface area contributed by atoms with Crippen molar-refractivity contribution in [2.24, 2.45) is 0 Å². The highest BCUT2D eigenvalue weighted by atomic mass is 16.5. The number of hydrogen-bond donors (Lipinski definition) is 2. The van der Waals surface area contributed by atoms with Crippen molar-refractivity contribution in [3.63, 3.8) is 0 Å². The zero-order valence-corrected chi connectivity index (χ0v) is 7.31. The number of aromatic carboxylic acids is 1. The summed E-state index contributed by atoms with van der Waals surface area (Å²) < 4.78 is 4.96. The minimum atomic E-state index is -1.05. The first kappa shape index (κ1) is 8.49. The second kappa shape index (κ2) is 2.99. The van der Waals surface area contributed by atoms with Crippen LogP contribution in [0.3, 0.4) is 0 Å². The van der Waals surface area contributed by atoms with Gasteiger partial charge in [0, 0.05) is 6.20 Å². The maximum Gasteiger partial charge on any atom is 0.339 e. The summed E-state index contributed by atoms with van der Waals surface area (Å²) in [6, 6.07) is 0. The Labute approximate surface area is 78.5 Å². The molecule has 0 atom stereocenters. The zero-order chi connectivity index (χ0) is 10.1. The van der Waals surface area contributed by atoms with E-state index < -0.39 is 5.97 Å². The number of fused-ring (bicyclic) bond motifs is 1. The van der Waals surface area contributed by atoms with E-state index in [0.717, 1.165) is 0 Å². The smallest absolute Gasteiger partial charge is 0.339 e. The van der Waals surface area contributed by atoms with Gasteiger partial charge in [-0.3, -0.25) is 5.10 Å². The molecule has 14 heavy (non-hydrogen) atoms. The third-order valence-corrected chi connectivity index (χ3v) is 1.87. The standard InChI is InChI=1S/C8H7N3O3/c1-14-7-4-3-10-11-6(4)5(2-9-7)8(12)13/h2-3H,1H3,(H,10,11)(H,12,13). The van der Waals surface area contributed by atoms with Gasteiger partial charge in [-0.1, -0.05) is 0 Å². The Bertz CT molecular complexity index is 492. The number of aromatic amines is 1. The van der Waals surface area contributed by atoms with Crippen LogP contribution in [0.5, 0.6) is 5.88 Å². The van der Waals surface area contributed by atoms with Crippen LogP contribution in [0.15, 0.2) is 12.4 Å². The Morgan fingerprint density at radius 3 is 3.00 bits per heavy atom. The monoisotopic (exact) mass is 193 g/mol. The number of H-pyrrole nitrogens is 1. The van der Waals surface area contributed by atoms with Gasteiger partial charge in [0.1, 0.15) is 5.56 Å². The molecule has 6 nitrogen and oxygen atoms in total. The van der Waals surface area contributed by atoms with Crippen molar-refractivity contribution in [1.29, 1.82) is 0 Å². The van der Waals surface area contributed by atoms with Gasteiger partial charge in [-0.2, -0.15) is 5.10 Å². The van der Waals surface area contributed by atoms with Crippen molar-refractivity contribution in [2.45, 2.75) is 0 Å². The number of carboxylic acids is 1. The zero-order valence-electron chi connectivity index (χ0n) is 7.31. The van der Waals surface area contributed by atoms with E-state index in [0.29, 0.717) is 16.8 Å². The molecule has 0 aliphatic carbocycles. The highest BCUT2D eigenvalue weighted by molar-refractivity contribution is 6.02. The number of carbonyl (C=O) groups is 1. The largest absolute Gasteiger partial charge is 0.480 e. The average Bonchev–Trinajstić information content (AvgIpc) is 2.64. The lowest BCUT2D eigenvalue weighted by Gasteiger charge is -2.01. The first-order valence-electron chi connectivity index (χ1n) is 3.83. The molecule has 0 amide bonds. The summed E-state index contributed by atoms with van der Waals surface area (Å²) in [6.45, 7) is 0. The second-order valence-corrected chi connectivity index (χ2v) is 2.64. The Morgan fingerprint density at radius 1 is 1.57 bits per heavy atom.